The average Bonchev–Trinajstić information content (AvgIpc) is 2.58. The summed E-state index contributed by atoms with van der Waals surface area (Å²) in [5.74, 6) is -3.31. The first-order valence-electron chi connectivity index (χ1n) is 8.23. The molecule has 148 valence electrons. The van der Waals surface area contributed by atoms with Crippen molar-refractivity contribution in [1.29, 1.82) is 0 Å². The molecule has 1 aliphatic rings. The van der Waals surface area contributed by atoms with Gasteiger partial charge >= 0.3 is 11.7 Å². The lowest BCUT2D eigenvalue weighted by Gasteiger charge is -2.42. The third-order valence-electron chi connectivity index (χ3n) is 4.25. The number of rotatable bonds is 8. The van der Waals surface area contributed by atoms with Gasteiger partial charge in [-0.15, -0.1) is 0 Å². The highest BCUT2D eigenvalue weighted by Crippen LogP contribution is 2.29. The van der Waals surface area contributed by atoms with Crippen molar-refractivity contribution in [2.24, 2.45) is 5.92 Å². The number of ether oxygens (including phenoxy) is 1. The highest BCUT2D eigenvalue weighted by atomic mass is 16.6. The first-order chi connectivity index (χ1) is 13.0. The monoisotopic (exact) mass is 390 g/mol. The number of nitrogens with one attached hydrogen (secondary N) is 1. The number of aliphatic hydroxyl groups is 1. The number of hydrogen-bond donors (Lipinski definition) is 2. The topological polar surface area (TPSA) is 172 Å². The van der Waals surface area contributed by atoms with Crippen LogP contribution in [0.15, 0.2) is 24.3 Å². The summed E-state index contributed by atoms with van der Waals surface area (Å²) in [6.45, 7) is 2.55. The molecule has 0 radical (unpaired) electrons. The number of Topliss-reactive ketones (excluding diaryl/α,β-unsaturated/α-hetero) is 1. The Bertz CT molecular complexity index is 866. The van der Waals surface area contributed by atoms with E-state index in [0.29, 0.717) is 5.56 Å². The summed E-state index contributed by atoms with van der Waals surface area (Å²) >= 11 is 0. The largest absolute Gasteiger partial charge is 0.452 e. The molecule has 0 saturated carbocycles. The van der Waals surface area contributed by atoms with E-state index in [-0.39, 0.29) is 18.7 Å². The van der Waals surface area contributed by atoms with Crippen LogP contribution in [0.1, 0.15) is 25.8 Å². The van der Waals surface area contributed by atoms with Crippen LogP contribution in [-0.2, 0) is 25.7 Å². The number of amides is 1. The molecule has 1 saturated heterocycles. The smallest absolute Gasteiger partial charge is 0.441 e. The summed E-state index contributed by atoms with van der Waals surface area (Å²) in [6, 6.07) is 4.50. The number of esters is 1. The summed E-state index contributed by atoms with van der Waals surface area (Å²) in [4.78, 5) is 48.5. The maximum Gasteiger partial charge on any atom is 0.441 e. The van der Waals surface area contributed by atoms with Crippen LogP contribution in [0.3, 0.4) is 0 Å². The summed E-state index contributed by atoms with van der Waals surface area (Å²) < 4.78 is 4.89. The molecular formula is C17H18N4O7. The second-order valence-corrected chi connectivity index (χ2v) is 6.82. The fourth-order valence-corrected chi connectivity index (χ4v) is 2.86. The van der Waals surface area contributed by atoms with Crippen LogP contribution in [0.4, 0.5) is 5.69 Å². The lowest BCUT2D eigenvalue weighted by atomic mass is 9.76. The van der Waals surface area contributed by atoms with Crippen LogP contribution in [0.25, 0.3) is 5.53 Å². The molecule has 1 aliphatic heterocycles. The second kappa shape index (κ2) is 8.07. The zero-order valence-electron chi connectivity index (χ0n) is 15.1. The SMILES string of the molecule is CC(C)(O)[C@H]1C(=O)N[C@H]1CC(=O)C(=[N+]=[N-])C(=O)OCc1ccc([N+](=O)[O-])cc1. The van der Waals surface area contributed by atoms with Gasteiger partial charge in [0.25, 0.3) is 11.5 Å². The summed E-state index contributed by atoms with van der Waals surface area (Å²) in [5, 5.41) is 23.0. The quantitative estimate of drug-likeness (QED) is 0.0929. The molecule has 0 aromatic heterocycles. The van der Waals surface area contributed by atoms with Gasteiger partial charge in [0.15, 0.2) is 0 Å². The molecule has 11 heteroatoms. The van der Waals surface area contributed by atoms with Crippen LogP contribution in [0, 0.1) is 16.0 Å². The van der Waals surface area contributed by atoms with Crippen molar-refractivity contribution < 1.29 is 33.9 Å². The van der Waals surface area contributed by atoms with Crippen molar-refractivity contribution in [3.05, 3.63) is 45.5 Å². The second-order valence-electron chi connectivity index (χ2n) is 6.82. The fourth-order valence-electron chi connectivity index (χ4n) is 2.86. The molecule has 11 nitrogen and oxygen atoms in total. The molecule has 1 heterocycles. The predicted octanol–water partition coefficient (Wildman–Crippen LogP) is 0.153. The highest BCUT2D eigenvalue weighted by Gasteiger charge is 2.50. The van der Waals surface area contributed by atoms with E-state index in [2.05, 4.69) is 10.1 Å². The number of β-lactam (4-membered cyclic amide) rings is 1. The maximum atomic E-state index is 12.2. The van der Waals surface area contributed by atoms with Gasteiger partial charge in [-0.2, -0.15) is 4.79 Å². The van der Waals surface area contributed by atoms with Gasteiger partial charge in [-0.3, -0.25) is 19.7 Å². The van der Waals surface area contributed by atoms with Gasteiger partial charge < -0.3 is 20.7 Å². The first kappa shape index (κ1) is 20.9. The van der Waals surface area contributed by atoms with Crippen LogP contribution in [0.5, 0.6) is 0 Å². The van der Waals surface area contributed by atoms with E-state index in [1.54, 1.807) is 0 Å². The Balaban J connectivity index is 1.96. The molecule has 28 heavy (non-hydrogen) atoms. The number of ketones is 1. The van der Waals surface area contributed by atoms with E-state index in [1.807, 2.05) is 0 Å². The van der Waals surface area contributed by atoms with Crippen LogP contribution < -0.4 is 5.32 Å². The highest BCUT2D eigenvalue weighted by molar-refractivity contribution is 6.62. The maximum absolute atomic E-state index is 12.2. The van der Waals surface area contributed by atoms with Crippen molar-refractivity contribution >= 4 is 29.1 Å². The Kier molecular flexibility index (Phi) is 6.02. The minimum atomic E-state index is -1.36. The number of hydrogen-bond acceptors (Lipinski definition) is 7. The van der Waals surface area contributed by atoms with E-state index < -0.39 is 45.9 Å². The van der Waals surface area contributed by atoms with Gasteiger partial charge in [0.05, 0.1) is 22.5 Å². The van der Waals surface area contributed by atoms with Crippen molar-refractivity contribution in [2.75, 3.05) is 0 Å². The number of nitro benzene ring substituents is 1. The Morgan fingerprint density at radius 2 is 1.96 bits per heavy atom. The normalized spacial score (nSPS) is 18.3. The van der Waals surface area contributed by atoms with Gasteiger partial charge in [-0.25, -0.2) is 4.79 Å². The summed E-state index contributed by atoms with van der Waals surface area (Å²) in [7, 11) is 0. The molecule has 0 spiro atoms. The molecule has 0 bridgehead atoms. The molecule has 2 N–H and O–H groups in total. The van der Waals surface area contributed by atoms with Gasteiger partial charge in [0.1, 0.15) is 6.61 Å². The molecule has 0 aliphatic carbocycles. The molecule has 1 aromatic carbocycles. The zero-order chi connectivity index (χ0) is 21.1. The predicted molar refractivity (Wildman–Crippen MR) is 92.9 cm³/mol. The number of non-ortho nitro benzene ring substituents is 1. The third kappa shape index (κ3) is 4.64. The van der Waals surface area contributed by atoms with E-state index in [1.165, 1.54) is 38.1 Å². The molecule has 1 fully saturated rings. The first-order valence-corrected chi connectivity index (χ1v) is 8.23. The molecule has 0 unspecified atom stereocenters. The van der Waals surface area contributed by atoms with Gasteiger partial charge in [-0.1, -0.05) is 0 Å². The Labute approximate surface area is 159 Å². The fraction of sp³-hybridized carbons (Fsp3) is 0.412. The van der Waals surface area contributed by atoms with Crippen molar-refractivity contribution in [3.63, 3.8) is 0 Å². The Morgan fingerprint density at radius 3 is 2.43 bits per heavy atom. The van der Waals surface area contributed by atoms with E-state index in [9.17, 15) is 29.6 Å². The van der Waals surface area contributed by atoms with Gasteiger partial charge in [0.2, 0.25) is 5.91 Å². The minimum absolute atomic E-state index is 0.133. The third-order valence-corrected chi connectivity index (χ3v) is 4.25. The van der Waals surface area contributed by atoms with Crippen molar-refractivity contribution in [3.8, 4) is 0 Å². The van der Waals surface area contributed by atoms with Crippen LogP contribution in [-0.4, -0.2) is 49.8 Å². The minimum Gasteiger partial charge on any atom is -0.452 e. The molecule has 2 atom stereocenters. The number of nitrogens with zero attached hydrogens (tertiary/aromatic N) is 3. The summed E-state index contributed by atoms with van der Waals surface area (Å²) in [6.07, 6.45) is -0.355. The molecule has 1 amide bonds. The lowest BCUT2D eigenvalue weighted by molar-refractivity contribution is -0.384. The number of nitro groups is 1. The van der Waals surface area contributed by atoms with Crippen molar-refractivity contribution in [1.82, 2.24) is 5.32 Å². The number of carbonyl (C=O) groups is 3. The van der Waals surface area contributed by atoms with E-state index >= 15 is 0 Å². The van der Waals surface area contributed by atoms with E-state index in [0.717, 1.165) is 0 Å². The Morgan fingerprint density at radius 1 is 1.36 bits per heavy atom. The van der Waals surface area contributed by atoms with E-state index in [4.69, 9.17) is 10.3 Å². The number of benzene rings is 1. The lowest BCUT2D eigenvalue weighted by Crippen LogP contribution is -2.66. The van der Waals surface area contributed by atoms with Crippen molar-refractivity contribution in [2.45, 2.75) is 38.5 Å². The molecular weight excluding hydrogens is 372 g/mol. The standard InChI is InChI=1S/C17H18N4O7/c1-17(2,25)13-11(19-15(13)23)7-12(22)14(20-18)16(24)28-8-9-3-5-10(6-4-9)21(26)27/h3-6,11,13,25H,7-8H2,1-2H3,(H,19,23)/t11-,13+/m0/s1. The van der Waals surface area contributed by atoms with Gasteiger partial charge in [0, 0.05) is 18.6 Å². The van der Waals surface area contributed by atoms with Crippen LogP contribution in [0.2, 0.25) is 0 Å². The average molecular weight is 390 g/mol. The zero-order valence-corrected chi connectivity index (χ0v) is 15.1. The summed E-state index contributed by atoms with van der Waals surface area (Å²) in [5.41, 5.74) is 7.08. The van der Waals surface area contributed by atoms with Crippen LogP contribution >= 0.6 is 0 Å². The number of carbonyl (C=O) groups excluding carboxylic acids is 3. The molecule has 2 rings (SSSR count). The van der Waals surface area contributed by atoms with Gasteiger partial charge in [-0.05, 0) is 31.5 Å². The molecule has 1 aromatic rings. The Hall–Kier alpha value is -3.43.